The fourth-order valence-electron chi connectivity index (χ4n) is 2.82. The fourth-order valence-corrected chi connectivity index (χ4v) is 2.82. The van der Waals surface area contributed by atoms with Crippen LogP contribution in [-0.2, 0) is 7.05 Å². The van der Waals surface area contributed by atoms with Crippen molar-refractivity contribution in [2.24, 2.45) is 7.05 Å². The maximum atomic E-state index is 11.0. The van der Waals surface area contributed by atoms with Gasteiger partial charge in [-0.3, -0.25) is 10.1 Å². The van der Waals surface area contributed by atoms with Crippen LogP contribution in [0.2, 0.25) is 0 Å². The third-order valence-corrected chi connectivity index (χ3v) is 4.16. The Bertz CT molecular complexity index is 1130. The molecule has 0 fully saturated rings. The predicted molar refractivity (Wildman–Crippen MR) is 93.7 cm³/mol. The summed E-state index contributed by atoms with van der Waals surface area (Å²) in [5, 5.41) is 15.2. The van der Waals surface area contributed by atoms with Gasteiger partial charge in [-0.2, -0.15) is 0 Å². The molecule has 0 aliphatic carbocycles. The van der Waals surface area contributed by atoms with Crippen molar-refractivity contribution in [3.8, 4) is 0 Å². The minimum Gasteiger partial charge on any atom is -0.350 e. The quantitative estimate of drug-likeness (QED) is 0.340. The van der Waals surface area contributed by atoms with E-state index in [1.54, 1.807) is 18.5 Å². The molecular weight excluding hydrogens is 320 g/mol. The van der Waals surface area contributed by atoms with Gasteiger partial charge in [0.2, 0.25) is 5.52 Å². The average Bonchev–Trinajstić information content (AvgIpc) is 3.05. The number of rotatable bonds is 3. The van der Waals surface area contributed by atoms with Crippen molar-refractivity contribution in [2.75, 3.05) is 5.32 Å². The lowest BCUT2D eigenvalue weighted by Gasteiger charge is -2.08. The molecule has 8 heteroatoms. The third kappa shape index (κ3) is 2.53. The average molecular weight is 335 g/mol. The Balaban J connectivity index is 1.95. The number of fused-ring (bicyclic) bond motifs is 2. The number of hydrogen-bond donors (Lipinski definition) is 2. The van der Waals surface area contributed by atoms with E-state index in [2.05, 4.69) is 20.3 Å². The lowest BCUT2D eigenvalue weighted by Crippen LogP contribution is -2.32. The number of anilines is 2. The number of nitrogens with one attached hydrogen (secondary N) is 2. The molecule has 2 aromatic heterocycles. The molecular formula is C17H15N6O2+. The van der Waals surface area contributed by atoms with E-state index in [0.717, 1.165) is 33.4 Å². The standard InChI is InChI=1S/C17H14N6O2/c1-10-20-15-11(8-22(10)2)6-14-16(19-9-18-14)17(15)21-12-4-3-5-13(7-12)23(24)25/h3-9,21H,1-2H3/p+1. The summed E-state index contributed by atoms with van der Waals surface area (Å²) in [7, 11) is 1.94. The van der Waals surface area contributed by atoms with E-state index in [0.29, 0.717) is 5.69 Å². The maximum Gasteiger partial charge on any atom is 0.295 e. The van der Waals surface area contributed by atoms with Crippen molar-refractivity contribution >= 4 is 39.0 Å². The zero-order chi connectivity index (χ0) is 17.6. The van der Waals surface area contributed by atoms with E-state index < -0.39 is 4.92 Å². The highest BCUT2D eigenvalue weighted by Crippen LogP contribution is 2.32. The molecule has 124 valence electrons. The van der Waals surface area contributed by atoms with Crippen molar-refractivity contribution in [3.63, 3.8) is 0 Å². The zero-order valence-electron chi connectivity index (χ0n) is 13.6. The molecule has 0 bridgehead atoms. The summed E-state index contributed by atoms with van der Waals surface area (Å²) in [6, 6.07) is 8.36. The first-order valence-corrected chi connectivity index (χ1v) is 7.67. The summed E-state index contributed by atoms with van der Waals surface area (Å²) in [5.41, 5.74) is 3.73. The van der Waals surface area contributed by atoms with Gasteiger partial charge in [0.05, 0.1) is 29.2 Å². The number of benzene rings is 2. The van der Waals surface area contributed by atoms with Crippen LogP contribution < -0.4 is 9.88 Å². The Kier molecular flexibility index (Phi) is 3.31. The normalized spacial score (nSPS) is 11.1. The summed E-state index contributed by atoms with van der Waals surface area (Å²) in [5.74, 6) is 0.851. The maximum absolute atomic E-state index is 11.0. The second kappa shape index (κ2) is 5.52. The van der Waals surface area contributed by atoms with Crippen molar-refractivity contribution in [3.05, 3.63) is 58.8 Å². The van der Waals surface area contributed by atoms with Gasteiger partial charge in [0.15, 0.2) is 0 Å². The number of aryl methyl sites for hydroxylation is 2. The number of H-pyrrole nitrogens is 1. The van der Waals surface area contributed by atoms with Crippen LogP contribution in [0.4, 0.5) is 17.1 Å². The molecule has 0 amide bonds. The zero-order valence-corrected chi connectivity index (χ0v) is 13.6. The Labute approximate surface area is 142 Å². The minimum atomic E-state index is -0.416. The van der Waals surface area contributed by atoms with Crippen molar-refractivity contribution in [1.82, 2.24) is 15.0 Å². The van der Waals surface area contributed by atoms with E-state index >= 15 is 0 Å². The summed E-state index contributed by atoms with van der Waals surface area (Å²) < 4.78 is 1.95. The Morgan fingerprint density at radius 1 is 1.28 bits per heavy atom. The second-order valence-electron chi connectivity index (χ2n) is 5.82. The molecule has 0 spiro atoms. The van der Waals surface area contributed by atoms with Crippen LogP contribution in [0.15, 0.2) is 42.9 Å². The molecule has 0 atom stereocenters. The topological polar surface area (TPSA) is 101 Å². The number of aromatic amines is 1. The van der Waals surface area contributed by atoms with Crippen molar-refractivity contribution in [2.45, 2.75) is 6.92 Å². The van der Waals surface area contributed by atoms with Gasteiger partial charge in [0, 0.05) is 24.7 Å². The SMILES string of the molecule is Cc1nc2c(Nc3cccc([N+](=O)[O-])c3)c3nc[nH]c3cc2c[n+]1C. The number of nitro benzene ring substituents is 1. The number of aromatic nitrogens is 4. The Morgan fingerprint density at radius 3 is 2.92 bits per heavy atom. The van der Waals surface area contributed by atoms with Crippen LogP contribution in [-0.4, -0.2) is 19.9 Å². The van der Waals surface area contributed by atoms with Crippen LogP contribution in [0.25, 0.3) is 21.9 Å². The van der Waals surface area contributed by atoms with Gasteiger partial charge in [-0.1, -0.05) is 6.07 Å². The predicted octanol–water partition coefficient (Wildman–Crippen LogP) is 2.90. The smallest absolute Gasteiger partial charge is 0.295 e. The van der Waals surface area contributed by atoms with E-state index in [1.807, 2.05) is 30.8 Å². The first-order chi connectivity index (χ1) is 12.0. The number of nitro groups is 1. The van der Waals surface area contributed by atoms with E-state index in [-0.39, 0.29) is 5.69 Å². The first-order valence-electron chi connectivity index (χ1n) is 7.67. The molecule has 0 radical (unpaired) electrons. The third-order valence-electron chi connectivity index (χ3n) is 4.16. The highest BCUT2D eigenvalue weighted by atomic mass is 16.6. The van der Waals surface area contributed by atoms with Crippen LogP contribution in [0, 0.1) is 17.0 Å². The minimum absolute atomic E-state index is 0.0269. The van der Waals surface area contributed by atoms with E-state index in [9.17, 15) is 10.1 Å². The van der Waals surface area contributed by atoms with Gasteiger partial charge in [-0.25, -0.2) is 9.55 Å². The largest absolute Gasteiger partial charge is 0.350 e. The second-order valence-corrected chi connectivity index (χ2v) is 5.82. The molecule has 2 N–H and O–H groups in total. The first kappa shape index (κ1) is 15.0. The lowest BCUT2D eigenvalue weighted by molar-refractivity contribution is -0.679. The monoisotopic (exact) mass is 335 g/mol. The van der Waals surface area contributed by atoms with Gasteiger partial charge in [0.25, 0.3) is 11.5 Å². The molecule has 2 aromatic carbocycles. The molecule has 0 unspecified atom stereocenters. The summed E-state index contributed by atoms with van der Waals surface area (Å²) in [6.45, 7) is 1.92. The molecule has 4 rings (SSSR count). The number of nitrogens with zero attached hydrogens (tertiary/aromatic N) is 4. The number of imidazole rings is 1. The Hall–Kier alpha value is -3.55. The van der Waals surface area contributed by atoms with E-state index in [4.69, 9.17) is 0 Å². The number of hydrogen-bond acceptors (Lipinski definition) is 5. The highest BCUT2D eigenvalue weighted by molar-refractivity contribution is 6.07. The van der Waals surface area contributed by atoms with Gasteiger partial charge < -0.3 is 10.3 Å². The van der Waals surface area contributed by atoms with Crippen LogP contribution in [0.1, 0.15) is 5.82 Å². The molecule has 0 saturated carbocycles. The van der Waals surface area contributed by atoms with Gasteiger partial charge in [0.1, 0.15) is 17.4 Å². The lowest BCUT2D eigenvalue weighted by atomic mass is 10.1. The fraction of sp³-hybridized carbons (Fsp3) is 0.118. The molecule has 0 aliphatic heterocycles. The van der Waals surface area contributed by atoms with Crippen molar-refractivity contribution < 1.29 is 9.49 Å². The van der Waals surface area contributed by atoms with Gasteiger partial charge >= 0.3 is 0 Å². The van der Waals surface area contributed by atoms with Crippen molar-refractivity contribution in [1.29, 1.82) is 0 Å². The van der Waals surface area contributed by atoms with Gasteiger partial charge in [-0.05, 0) is 17.1 Å². The summed E-state index contributed by atoms with van der Waals surface area (Å²) >= 11 is 0. The number of non-ortho nitro benzene ring substituents is 1. The summed E-state index contributed by atoms with van der Waals surface area (Å²) in [4.78, 5) is 22.8. The molecule has 4 aromatic rings. The highest BCUT2D eigenvalue weighted by Gasteiger charge is 2.18. The molecule has 8 nitrogen and oxygen atoms in total. The molecule has 0 saturated heterocycles. The Morgan fingerprint density at radius 2 is 2.12 bits per heavy atom. The molecule has 25 heavy (non-hydrogen) atoms. The molecule has 0 aliphatic rings. The van der Waals surface area contributed by atoms with Crippen LogP contribution >= 0.6 is 0 Å². The van der Waals surface area contributed by atoms with Gasteiger partial charge in [-0.15, -0.1) is 0 Å². The summed E-state index contributed by atoms with van der Waals surface area (Å²) in [6.07, 6.45) is 3.62. The van der Waals surface area contributed by atoms with Crippen LogP contribution in [0.5, 0.6) is 0 Å². The molecule has 2 heterocycles. The van der Waals surface area contributed by atoms with E-state index in [1.165, 1.54) is 12.1 Å². The van der Waals surface area contributed by atoms with Crippen LogP contribution in [0.3, 0.4) is 0 Å².